The zero-order valence-corrected chi connectivity index (χ0v) is 10.7. The minimum atomic E-state index is -1.08. The van der Waals surface area contributed by atoms with Crippen LogP contribution in [0.5, 0.6) is 0 Å². The second-order valence-corrected chi connectivity index (χ2v) is 4.93. The van der Waals surface area contributed by atoms with E-state index in [9.17, 15) is 15.0 Å². The van der Waals surface area contributed by atoms with Crippen molar-refractivity contribution in [3.05, 3.63) is 35.4 Å². The van der Waals surface area contributed by atoms with Crippen molar-refractivity contribution in [2.45, 2.75) is 19.1 Å². The van der Waals surface area contributed by atoms with Crippen LogP contribution in [0.4, 0.5) is 0 Å². The number of hydrogen-bond donors (Lipinski definition) is 3. The predicted molar refractivity (Wildman–Crippen MR) is 69.9 cm³/mol. The third-order valence-corrected chi connectivity index (χ3v) is 3.20. The van der Waals surface area contributed by atoms with E-state index in [1.165, 1.54) is 13.1 Å². The van der Waals surface area contributed by atoms with Crippen LogP contribution >= 0.6 is 11.8 Å². The lowest BCUT2D eigenvalue weighted by molar-refractivity contribution is -0.109. The summed E-state index contributed by atoms with van der Waals surface area (Å²) in [5.41, 5.74) is 1.12. The maximum atomic E-state index is 10.8. The summed E-state index contributed by atoms with van der Waals surface area (Å²) in [6, 6.07) is 6.64. The first-order valence-corrected chi connectivity index (χ1v) is 6.30. The molecule has 1 aromatic carbocycles. The average molecular weight is 269 g/mol. The third-order valence-electron chi connectivity index (χ3n) is 2.28. The maximum absolute atomic E-state index is 10.8. The molecule has 0 aliphatic heterocycles. The van der Waals surface area contributed by atoms with E-state index in [2.05, 4.69) is 5.16 Å². The van der Waals surface area contributed by atoms with Gasteiger partial charge in [-0.3, -0.25) is 4.79 Å². The number of aliphatic hydroxyl groups is 2. The van der Waals surface area contributed by atoms with Crippen molar-refractivity contribution >= 4 is 23.1 Å². The van der Waals surface area contributed by atoms with Crippen molar-refractivity contribution < 1.29 is 20.2 Å². The Morgan fingerprint density at radius 1 is 1.50 bits per heavy atom. The Morgan fingerprint density at radius 2 is 2.22 bits per heavy atom. The predicted octanol–water partition coefficient (Wildman–Crippen LogP) is 1.17. The van der Waals surface area contributed by atoms with Crippen LogP contribution in [0.2, 0.25) is 0 Å². The number of oxime groups is 1. The van der Waals surface area contributed by atoms with Crippen LogP contribution in [-0.2, 0) is 4.79 Å². The van der Waals surface area contributed by atoms with Gasteiger partial charge in [0.25, 0.3) is 0 Å². The summed E-state index contributed by atoms with van der Waals surface area (Å²) in [4.78, 5) is 10.8. The summed E-state index contributed by atoms with van der Waals surface area (Å²) in [6.07, 6.45) is -0.878. The Bertz CT molecular complexity index is 436. The normalized spacial score (nSPS) is 14.6. The van der Waals surface area contributed by atoms with Crippen LogP contribution in [0.1, 0.15) is 24.2 Å². The minimum Gasteiger partial charge on any atom is -0.411 e. The van der Waals surface area contributed by atoms with Gasteiger partial charge in [-0.25, -0.2) is 0 Å². The van der Waals surface area contributed by atoms with E-state index in [4.69, 9.17) is 5.21 Å². The molecule has 0 saturated carbocycles. The van der Waals surface area contributed by atoms with Gasteiger partial charge in [0.05, 0.1) is 12.3 Å². The van der Waals surface area contributed by atoms with Gasteiger partial charge in [0.2, 0.25) is 0 Å². The summed E-state index contributed by atoms with van der Waals surface area (Å²) in [5.74, 6) is 0.134. The highest BCUT2D eigenvalue weighted by molar-refractivity contribution is 8.13. The van der Waals surface area contributed by atoms with E-state index in [1.807, 2.05) is 0 Å². The molecule has 1 rings (SSSR count). The number of rotatable bonds is 5. The molecular weight excluding hydrogens is 254 g/mol. The fourth-order valence-electron chi connectivity index (χ4n) is 1.41. The molecule has 2 unspecified atom stereocenters. The number of carbonyl (C=O) groups is 1. The standard InChI is InChI=1S/C12H15NO4S/c1-8(14)18-7-11(15)12(16)10-4-2-3-9(5-10)6-13-17/h2-6,11-12,15-17H,7H2,1H3. The first kappa shape index (κ1) is 14.7. The highest BCUT2D eigenvalue weighted by atomic mass is 32.2. The number of nitrogens with zero attached hydrogens (tertiary/aromatic N) is 1. The molecule has 0 amide bonds. The van der Waals surface area contributed by atoms with Gasteiger partial charge in [0.15, 0.2) is 5.12 Å². The fraction of sp³-hybridized carbons (Fsp3) is 0.333. The number of benzene rings is 1. The van der Waals surface area contributed by atoms with Crippen molar-refractivity contribution in [1.29, 1.82) is 0 Å². The molecule has 0 saturated heterocycles. The van der Waals surface area contributed by atoms with Crippen molar-refractivity contribution in [3.8, 4) is 0 Å². The highest BCUT2D eigenvalue weighted by Gasteiger charge is 2.19. The molecule has 0 aliphatic carbocycles. The van der Waals surface area contributed by atoms with Crippen molar-refractivity contribution in [3.63, 3.8) is 0 Å². The van der Waals surface area contributed by atoms with Crippen molar-refractivity contribution in [1.82, 2.24) is 0 Å². The van der Waals surface area contributed by atoms with Gasteiger partial charge >= 0.3 is 0 Å². The number of aliphatic hydroxyl groups excluding tert-OH is 2. The average Bonchev–Trinajstić information content (AvgIpc) is 2.35. The Hall–Kier alpha value is -1.37. The number of hydrogen-bond acceptors (Lipinski definition) is 6. The molecule has 98 valence electrons. The van der Waals surface area contributed by atoms with E-state index in [1.54, 1.807) is 24.3 Å². The molecule has 0 fully saturated rings. The van der Waals surface area contributed by atoms with Crippen LogP contribution in [0.25, 0.3) is 0 Å². The molecular formula is C12H15NO4S. The smallest absolute Gasteiger partial charge is 0.185 e. The Labute approximate surface area is 109 Å². The van der Waals surface area contributed by atoms with E-state index < -0.39 is 12.2 Å². The molecule has 0 heterocycles. The molecule has 0 radical (unpaired) electrons. The Kier molecular flexibility index (Phi) is 5.84. The molecule has 1 aromatic rings. The zero-order valence-electron chi connectivity index (χ0n) is 9.85. The van der Waals surface area contributed by atoms with Gasteiger partial charge in [-0.05, 0) is 17.2 Å². The van der Waals surface area contributed by atoms with Crippen LogP contribution in [0.3, 0.4) is 0 Å². The molecule has 0 spiro atoms. The van der Waals surface area contributed by atoms with Crippen LogP contribution in [0, 0.1) is 0 Å². The Morgan fingerprint density at radius 3 is 2.83 bits per heavy atom. The monoisotopic (exact) mass is 269 g/mol. The van der Waals surface area contributed by atoms with Crippen LogP contribution in [-0.4, -0.2) is 38.6 Å². The SMILES string of the molecule is CC(=O)SCC(O)C(O)c1cccc(C=NO)c1. The zero-order chi connectivity index (χ0) is 13.5. The summed E-state index contributed by atoms with van der Waals surface area (Å²) in [6.45, 7) is 1.40. The molecule has 0 aromatic heterocycles. The number of carbonyl (C=O) groups excluding carboxylic acids is 1. The fourth-order valence-corrected chi connectivity index (χ4v) is 1.99. The third kappa shape index (κ3) is 4.48. The van der Waals surface area contributed by atoms with Gasteiger partial charge < -0.3 is 15.4 Å². The second-order valence-electron chi connectivity index (χ2n) is 3.73. The second kappa shape index (κ2) is 7.15. The molecule has 0 bridgehead atoms. The van der Waals surface area contributed by atoms with Gasteiger partial charge in [-0.15, -0.1) is 0 Å². The number of thioether (sulfide) groups is 1. The van der Waals surface area contributed by atoms with Gasteiger partial charge in [-0.1, -0.05) is 35.1 Å². The van der Waals surface area contributed by atoms with Gasteiger partial charge in [-0.2, -0.15) is 0 Å². The van der Waals surface area contributed by atoms with E-state index in [0.717, 1.165) is 11.8 Å². The van der Waals surface area contributed by atoms with Crippen LogP contribution < -0.4 is 0 Å². The summed E-state index contributed by atoms with van der Waals surface area (Å²) in [5, 5.41) is 30.9. The molecule has 6 heteroatoms. The Balaban J connectivity index is 2.73. The molecule has 5 nitrogen and oxygen atoms in total. The van der Waals surface area contributed by atoms with Gasteiger partial charge in [0.1, 0.15) is 6.10 Å². The minimum absolute atomic E-state index is 0.109. The first-order valence-electron chi connectivity index (χ1n) is 5.31. The van der Waals surface area contributed by atoms with E-state index >= 15 is 0 Å². The molecule has 3 N–H and O–H groups in total. The molecule has 2 atom stereocenters. The summed E-state index contributed by atoms with van der Waals surface area (Å²) in [7, 11) is 0. The summed E-state index contributed by atoms with van der Waals surface area (Å²) >= 11 is 0.962. The first-order chi connectivity index (χ1) is 8.54. The topological polar surface area (TPSA) is 90.1 Å². The van der Waals surface area contributed by atoms with Crippen molar-refractivity contribution in [2.24, 2.45) is 5.16 Å². The van der Waals surface area contributed by atoms with E-state index in [-0.39, 0.29) is 10.9 Å². The van der Waals surface area contributed by atoms with Gasteiger partial charge in [0, 0.05) is 12.7 Å². The highest BCUT2D eigenvalue weighted by Crippen LogP contribution is 2.20. The molecule has 0 aliphatic rings. The maximum Gasteiger partial charge on any atom is 0.185 e. The van der Waals surface area contributed by atoms with Crippen molar-refractivity contribution in [2.75, 3.05) is 5.75 Å². The largest absolute Gasteiger partial charge is 0.411 e. The lowest BCUT2D eigenvalue weighted by Gasteiger charge is -2.17. The van der Waals surface area contributed by atoms with E-state index in [0.29, 0.717) is 11.1 Å². The molecule has 18 heavy (non-hydrogen) atoms. The summed E-state index contributed by atoms with van der Waals surface area (Å²) < 4.78 is 0. The van der Waals surface area contributed by atoms with Crippen LogP contribution in [0.15, 0.2) is 29.4 Å². The lowest BCUT2D eigenvalue weighted by atomic mass is 10.0. The quantitative estimate of drug-likeness (QED) is 0.424. The lowest BCUT2D eigenvalue weighted by Crippen LogP contribution is -2.21.